The Morgan fingerprint density at radius 1 is 1.44 bits per heavy atom. The van der Waals surface area contributed by atoms with Gasteiger partial charge in [-0.3, -0.25) is 4.79 Å². The Kier molecular flexibility index (Phi) is 3.72. The molecule has 2 heterocycles. The molecule has 1 aromatic heterocycles. The summed E-state index contributed by atoms with van der Waals surface area (Å²) in [5, 5.41) is 28.5. The van der Waals surface area contributed by atoms with Crippen LogP contribution in [0.25, 0.3) is 0 Å². The number of aliphatic hydroxyl groups is 3. The molecule has 0 bridgehead atoms. The SMILES string of the molecule is CC(=O)c1ccc[n+]([C@@H]2O[C@H](CO)C(O)[C@@H]2O)c1. The molecule has 1 aromatic rings. The van der Waals surface area contributed by atoms with Crippen molar-refractivity contribution in [2.24, 2.45) is 0 Å². The fourth-order valence-electron chi connectivity index (χ4n) is 1.99. The van der Waals surface area contributed by atoms with Gasteiger partial charge in [-0.1, -0.05) is 0 Å². The first-order valence-electron chi connectivity index (χ1n) is 5.69. The molecule has 3 N–H and O–H groups in total. The molecule has 0 saturated carbocycles. The maximum atomic E-state index is 11.3. The first-order chi connectivity index (χ1) is 8.54. The first-order valence-corrected chi connectivity index (χ1v) is 5.69. The average molecular weight is 254 g/mol. The number of hydrogen-bond donors (Lipinski definition) is 3. The lowest BCUT2D eigenvalue weighted by Crippen LogP contribution is -2.46. The molecule has 6 nitrogen and oxygen atoms in total. The van der Waals surface area contributed by atoms with Gasteiger partial charge in [-0.15, -0.1) is 0 Å². The van der Waals surface area contributed by atoms with E-state index in [1.165, 1.54) is 11.5 Å². The van der Waals surface area contributed by atoms with Gasteiger partial charge in [0.25, 0.3) is 6.23 Å². The quantitative estimate of drug-likeness (QED) is 0.465. The molecule has 6 heteroatoms. The van der Waals surface area contributed by atoms with Crippen molar-refractivity contribution < 1.29 is 29.4 Å². The van der Waals surface area contributed by atoms with Crippen molar-refractivity contribution in [3.05, 3.63) is 30.1 Å². The Bertz CT molecular complexity index is 450. The fourth-order valence-corrected chi connectivity index (χ4v) is 1.99. The Labute approximate surface area is 104 Å². The van der Waals surface area contributed by atoms with Crippen LogP contribution in [0.3, 0.4) is 0 Å². The largest absolute Gasteiger partial charge is 0.394 e. The number of pyridine rings is 1. The van der Waals surface area contributed by atoms with Crippen molar-refractivity contribution >= 4 is 5.78 Å². The van der Waals surface area contributed by atoms with Gasteiger partial charge in [0, 0.05) is 6.07 Å². The molecule has 2 rings (SSSR count). The number of ether oxygens (including phenoxy) is 1. The fraction of sp³-hybridized carbons (Fsp3) is 0.500. The number of rotatable bonds is 3. The minimum Gasteiger partial charge on any atom is -0.394 e. The van der Waals surface area contributed by atoms with Crippen molar-refractivity contribution in [2.75, 3.05) is 6.61 Å². The van der Waals surface area contributed by atoms with Crippen molar-refractivity contribution in [1.82, 2.24) is 0 Å². The highest BCUT2D eigenvalue weighted by molar-refractivity contribution is 5.93. The molecule has 4 atom stereocenters. The number of aromatic nitrogens is 1. The number of Topliss-reactive ketones (excluding diaryl/α,β-unsaturated/α-hetero) is 1. The van der Waals surface area contributed by atoms with Gasteiger partial charge in [-0.2, -0.15) is 4.57 Å². The summed E-state index contributed by atoms with van der Waals surface area (Å²) in [6, 6.07) is 3.31. The second kappa shape index (κ2) is 5.11. The van der Waals surface area contributed by atoms with Crippen LogP contribution in [0.15, 0.2) is 24.5 Å². The zero-order chi connectivity index (χ0) is 13.3. The number of nitrogens with zero attached hydrogens (tertiary/aromatic N) is 1. The summed E-state index contributed by atoms with van der Waals surface area (Å²) in [6.07, 6.45) is -0.743. The number of carbonyl (C=O) groups excluding carboxylic acids is 1. The Balaban J connectivity index is 2.27. The molecule has 1 aliphatic rings. The third-order valence-corrected chi connectivity index (χ3v) is 3.04. The van der Waals surface area contributed by atoms with Gasteiger partial charge in [0.15, 0.2) is 24.3 Å². The summed E-state index contributed by atoms with van der Waals surface area (Å²) in [4.78, 5) is 11.3. The highest BCUT2D eigenvalue weighted by atomic mass is 16.6. The Hall–Kier alpha value is -1.34. The molecule has 0 spiro atoms. The molecule has 1 aliphatic heterocycles. The molecule has 0 amide bonds. The van der Waals surface area contributed by atoms with Crippen LogP contribution in [0.4, 0.5) is 0 Å². The van der Waals surface area contributed by atoms with Gasteiger partial charge in [-0.05, 0) is 13.0 Å². The van der Waals surface area contributed by atoms with Gasteiger partial charge >= 0.3 is 0 Å². The van der Waals surface area contributed by atoms with E-state index in [4.69, 9.17) is 9.84 Å². The maximum Gasteiger partial charge on any atom is 0.292 e. The molecule has 18 heavy (non-hydrogen) atoms. The summed E-state index contributed by atoms with van der Waals surface area (Å²) < 4.78 is 6.87. The molecule has 0 aliphatic carbocycles. The summed E-state index contributed by atoms with van der Waals surface area (Å²) in [5.41, 5.74) is 0.482. The molecule has 98 valence electrons. The van der Waals surface area contributed by atoms with Crippen LogP contribution in [0, 0.1) is 0 Å². The van der Waals surface area contributed by atoms with Crippen LogP contribution in [-0.2, 0) is 4.74 Å². The third kappa shape index (κ3) is 2.28. The predicted octanol–water partition coefficient (Wildman–Crippen LogP) is -1.21. The number of carbonyl (C=O) groups is 1. The van der Waals surface area contributed by atoms with Crippen LogP contribution in [0.1, 0.15) is 23.5 Å². The minimum atomic E-state index is -1.14. The van der Waals surface area contributed by atoms with E-state index in [0.717, 1.165) is 0 Å². The topological polar surface area (TPSA) is 90.9 Å². The number of hydrogen-bond acceptors (Lipinski definition) is 5. The van der Waals surface area contributed by atoms with Gasteiger partial charge in [0.05, 0.1) is 12.2 Å². The standard InChI is InChI=1S/C12H16NO5/c1-7(15)8-3-2-4-13(5-8)12-11(17)10(16)9(6-14)18-12/h2-5,9-12,14,16-17H,6H2,1H3/q+1/t9-,10?,11+,12-/m1/s1. The smallest absolute Gasteiger partial charge is 0.292 e. The summed E-state index contributed by atoms with van der Waals surface area (Å²) in [7, 11) is 0. The van der Waals surface area contributed by atoms with Crippen molar-refractivity contribution in [1.29, 1.82) is 0 Å². The van der Waals surface area contributed by atoms with Gasteiger partial charge in [0.2, 0.25) is 0 Å². The van der Waals surface area contributed by atoms with Crippen LogP contribution in [0.2, 0.25) is 0 Å². The first kappa shape index (κ1) is 13.1. The van der Waals surface area contributed by atoms with Crippen LogP contribution in [-0.4, -0.2) is 46.0 Å². The van der Waals surface area contributed by atoms with E-state index in [9.17, 15) is 15.0 Å². The zero-order valence-corrected chi connectivity index (χ0v) is 9.93. The van der Waals surface area contributed by atoms with Crippen LogP contribution >= 0.6 is 0 Å². The molecule has 1 unspecified atom stereocenters. The number of aliphatic hydroxyl groups excluding tert-OH is 3. The van der Waals surface area contributed by atoms with Crippen LogP contribution in [0.5, 0.6) is 0 Å². The summed E-state index contributed by atoms with van der Waals surface area (Å²) in [6.45, 7) is 1.07. The predicted molar refractivity (Wildman–Crippen MR) is 59.7 cm³/mol. The lowest BCUT2D eigenvalue weighted by molar-refractivity contribution is -0.765. The minimum absolute atomic E-state index is 0.101. The molecule has 0 aromatic carbocycles. The van der Waals surface area contributed by atoms with Gasteiger partial charge < -0.3 is 20.1 Å². The number of ketones is 1. The zero-order valence-electron chi connectivity index (χ0n) is 9.93. The van der Waals surface area contributed by atoms with Crippen LogP contribution < -0.4 is 4.57 Å². The van der Waals surface area contributed by atoms with E-state index < -0.39 is 24.5 Å². The van der Waals surface area contributed by atoms with E-state index in [0.29, 0.717) is 5.56 Å². The van der Waals surface area contributed by atoms with Gasteiger partial charge in [-0.25, -0.2) is 0 Å². The highest BCUT2D eigenvalue weighted by Crippen LogP contribution is 2.25. The summed E-state index contributed by atoms with van der Waals surface area (Å²) in [5.74, 6) is -0.101. The Morgan fingerprint density at radius 2 is 2.17 bits per heavy atom. The second-order valence-electron chi connectivity index (χ2n) is 4.32. The van der Waals surface area contributed by atoms with E-state index in [1.54, 1.807) is 24.5 Å². The second-order valence-corrected chi connectivity index (χ2v) is 4.32. The van der Waals surface area contributed by atoms with E-state index in [1.807, 2.05) is 0 Å². The maximum absolute atomic E-state index is 11.3. The molecule has 0 radical (unpaired) electrons. The molecular formula is C12H16NO5+. The lowest BCUT2D eigenvalue weighted by atomic mass is 10.1. The third-order valence-electron chi connectivity index (χ3n) is 3.04. The molecular weight excluding hydrogens is 238 g/mol. The Morgan fingerprint density at radius 3 is 2.72 bits per heavy atom. The molecule has 1 fully saturated rings. The summed E-state index contributed by atoms with van der Waals surface area (Å²) >= 11 is 0. The van der Waals surface area contributed by atoms with Crippen molar-refractivity contribution in [3.63, 3.8) is 0 Å². The average Bonchev–Trinajstić information content (AvgIpc) is 2.66. The lowest BCUT2D eigenvalue weighted by Gasteiger charge is -2.09. The van der Waals surface area contributed by atoms with Crippen molar-refractivity contribution in [2.45, 2.75) is 31.5 Å². The highest BCUT2D eigenvalue weighted by Gasteiger charge is 2.47. The van der Waals surface area contributed by atoms with E-state index in [-0.39, 0.29) is 12.4 Å². The molecule has 1 saturated heterocycles. The normalized spacial score (nSPS) is 31.6. The van der Waals surface area contributed by atoms with Gasteiger partial charge in [0.1, 0.15) is 12.2 Å². The van der Waals surface area contributed by atoms with E-state index >= 15 is 0 Å². The van der Waals surface area contributed by atoms with E-state index in [2.05, 4.69) is 0 Å². The van der Waals surface area contributed by atoms with Crippen molar-refractivity contribution in [3.8, 4) is 0 Å². The monoisotopic (exact) mass is 254 g/mol.